The van der Waals surface area contributed by atoms with Gasteiger partial charge in [0.15, 0.2) is 11.5 Å². The van der Waals surface area contributed by atoms with Crippen molar-refractivity contribution < 1.29 is 14.3 Å². The molecule has 1 amide bonds. The molecule has 1 heterocycles. The Morgan fingerprint density at radius 2 is 2.25 bits per heavy atom. The maximum Gasteiger partial charge on any atom is 0.246 e. The summed E-state index contributed by atoms with van der Waals surface area (Å²) in [6.07, 6.45) is 1.75. The molecule has 0 unspecified atom stereocenters. The number of para-hydroxylation sites is 1. The maximum atomic E-state index is 11.9. The van der Waals surface area contributed by atoms with Crippen LogP contribution in [0, 0.1) is 6.92 Å². The maximum absolute atomic E-state index is 11.9. The number of carbonyl (C=O) groups excluding carboxylic acids is 1. The van der Waals surface area contributed by atoms with E-state index >= 15 is 0 Å². The van der Waals surface area contributed by atoms with E-state index < -0.39 is 0 Å². The first kappa shape index (κ1) is 17.9. The normalized spacial score (nSPS) is 11.0. The molecule has 1 N–H and O–H groups in total. The quantitative estimate of drug-likeness (QED) is 0.617. The molecule has 1 aromatic carbocycles. The molecule has 0 aliphatic heterocycles. The van der Waals surface area contributed by atoms with Crippen LogP contribution in [0.2, 0.25) is 0 Å². The van der Waals surface area contributed by atoms with E-state index in [1.165, 1.54) is 11.3 Å². The van der Waals surface area contributed by atoms with Gasteiger partial charge in [0.25, 0.3) is 0 Å². The third-order valence-corrected chi connectivity index (χ3v) is 3.92. The van der Waals surface area contributed by atoms with Crippen molar-refractivity contribution in [2.45, 2.75) is 33.3 Å². The van der Waals surface area contributed by atoms with Gasteiger partial charge in [-0.2, -0.15) is 5.10 Å². The van der Waals surface area contributed by atoms with E-state index in [1.54, 1.807) is 13.3 Å². The van der Waals surface area contributed by atoms with Gasteiger partial charge in [-0.1, -0.05) is 6.07 Å². The second-order valence-corrected chi connectivity index (χ2v) is 6.34. The molecule has 0 aliphatic carbocycles. The van der Waals surface area contributed by atoms with Gasteiger partial charge in [0, 0.05) is 16.6 Å². The Morgan fingerprint density at radius 1 is 1.46 bits per heavy atom. The van der Waals surface area contributed by atoms with E-state index in [0.717, 1.165) is 16.3 Å². The number of carbonyl (C=O) groups is 1. The third-order valence-electron chi connectivity index (χ3n) is 2.95. The molecule has 7 heteroatoms. The lowest BCUT2D eigenvalue weighted by atomic mass is 10.2. The summed E-state index contributed by atoms with van der Waals surface area (Å²) in [6.45, 7) is 5.77. The molecule has 2 rings (SSSR count). The number of aromatic nitrogens is 1. The highest BCUT2D eigenvalue weighted by Gasteiger charge is 2.11. The summed E-state index contributed by atoms with van der Waals surface area (Å²) in [5.41, 5.74) is 4.15. The fourth-order valence-corrected chi connectivity index (χ4v) is 2.76. The molecule has 24 heavy (non-hydrogen) atoms. The van der Waals surface area contributed by atoms with Crippen molar-refractivity contribution in [3.05, 3.63) is 39.8 Å². The number of hydrogen-bond donors (Lipinski definition) is 1. The van der Waals surface area contributed by atoms with E-state index in [-0.39, 0.29) is 18.4 Å². The lowest BCUT2D eigenvalue weighted by molar-refractivity contribution is -0.120. The van der Waals surface area contributed by atoms with Crippen molar-refractivity contribution in [1.29, 1.82) is 0 Å². The number of nitrogens with one attached hydrogen (secondary N) is 1. The Balaban J connectivity index is 2.04. The highest BCUT2D eigenvalue weighted by molar-refractivity contribution is 7.09. The summed E-state index contributed by atoms with van der Waals surface area (Å²) in [4.78, 5) is 16.1. The minimum Gasteiger partial charge on any atom is -0.493 e. The topological polar surface area (TPSA) is 72.8 Å². The molecule has 6 nitrogen and oxygen atoms in total. The van der Waals surface area contributed by atoms with Crippen molar-refractivity contribution >= 4 is 23.5 Å². The molecule has 0 aliphatic rings. The summed E-state index contributed by atoms with van der Waals surface area (Å²) < 4.78 is 11.1. The van der Waals surface area contributed by atoms with E-state index in [4.69, 9.17) is 9.47 Å². The highest BCUT2D eigenvalue weighted by atomic mass is 32.1. The second kappa shape index (κ2) is 8.44. The van der Waals surface area contributed by atoms with Crippen LogP contribution in [0.25, 0.3) is 0 Å². The minimum atomic E-state index is -0.213. The first-order valence-corrected chi connectivity index (χ1v) is 8.44. The summed E-state index contributed by atoms with van der Waals surface area (Å²) in [6, 6.07) is 5.51. The van der Waals surface area contributed by atoms with Crippen LogP contribution in [0.4, 0.5) is 0 Å². The van der Waals surface area contributed by atoms with Crippen molar-refractivity contribution in [3.63, 3.8) is 0 Å². The Kier molecular flexibility index (Phi) is 6.31. The molecule has 0 bridgehead atoms. The molecular weight excluding hydrogens is 326 g/mol. The molecule has 0 spiro atoms. The van der Waals surface area contributed by atoms with Crippen LogP contribution in [-0.2, 0) is 11.2 Å². The van der Waals surface area contributed by atoms with Crippen LogP contribution in [0.1, 0.15) is 30.1 Å². The Morgan fingerprint density at radius 3 is 2.88 bits per heavy atom. The smallest absolute Gasteiger partial charge is 0.246 e. The monoisotopic (exact) mass is 347 g/mol. The zero-order valence-electron chi connectivity index (χ0n) is 14.2. The SMILES string of the molecule is COc1cccc(/C=N\NC(=O)Cc2nc(C)cs2)c1OC(C)C. The van der Waals surface area contributed by atoms with Crippen LogP contribution in [0.15, 0.2) is 28.7 Å². The van der Waals surface area contributed by atoms with Crippen LogP contribution < -0.4 is 14.9 Å². The molecular formula is C17H21N3O3S. The average Bonchev–Trinajstić information content (AvgIpc) is 2.93. The lowest BCUT2D eigenvalue weighted by Gasteiger charge is -2.15. The minimum absolute atomic E-state index is 0.00353. The van der Waals surface area contributed by atoms with Crippen LogP contribution >= 0.6 is 11.3 Å². The molecule has 0 saturated carbocycles. The van der Waals surface area contributed by atoms with Gasteiger partial charge in [-0.3, -0.25) is 4.79 Å². The Bertz CT molecular complexity index is 726. The third kappa shape index (κ3) is 5.06. The fraction of sp³-hybridized carbons (Fsp3) is 0.353. The number of ether oxygens (including phenoxy) is 2. The predicted octanol–water partition coefficient (Wildman–Crippen LogP) is 2.94. The van der Waals surface area contributed by atoms with Gasteiger partial charge in [-0.25, -0.2) is 10.4 Å². The van der Waals surface area contributed by atoms with Gasteiger partial charge in [-0.15, -0.1) is 11.3 Å². The van der Waals surface area contributed by atoms with Gasteiger partial charge in [0.05, 0.1) is 25.8 Å². The molecule has 0 fully saturated rings. The second-order valence-electron chi connectivity index (χ2n) is 5.40. The zero-order chi connectivity index (χ0) is 17.5. The van der Waals surface area contributed by atoms with Crippen LogP contribution in [-0.4, -0.2) is 30.3 Å². The van der Waals surface area contributed by atoms with Crippen molar-refractivity contribution in [1.82, 2.24) is 10.4 Å². The molecule has 0 saturated heterocycles. The van der Waals surface area contributed by atoms with Gasteiger partial charge >= 0.3 is 0 Å². The van der Waals surface area contributed by atoms with E-state index in [1.807, 2.05) is 44.4 Å². The van der Waals surface area contributed by atoms with Crippen LogP contribution in [0.3, 0.4) is 0 Å². The first-order chi connectivity index (χ1) is 11.5. The summed E-state index contributed by atoms with van der Waals surface area (Å²) >= 11 is 1.46. The zero-order valence-corrected chi connectivity index (χ0v) is 15.0. The summed E-state index contributed by atoms with van der Waals surface area (Å²) in [5.74, 6) is 1.01. The van der Waals surface area contributed by atoms with E-state index in [2.05, 4.69) is 15.5 Å². The first-order valence-electron chi connectivity index (χ1n) is 7.56. The number of rotatable bonds is 7. The van der Waals surface area contributed by atoms with Crippen molar-refractivity contribution in [3.8, 4) is 11.5 Å². The average molecular weight is 347 g/mol. The van der Waals surface area contributed by atoms with Gasteiger partial charge < -0.3 is 9.47 Å². The molecule has 0 atom stereocenters. The number of thiazole rings is 1. The van der Waals surface area contributed by atoms with Crippen LogP contribution in [0.5, 0.6) is 11.5 Å². The fourth-order valence-electron chi connectivity index (χ4n) is 1.99. The number of methoxy groups -OCH3 is 1. The van der Waals surface area contributed by atoms with Gasteiger partial charge in [-0.05, 0) is 32.9 Å². The number of hydrazone groups is 1. The number of amides is 1. The largest absolute Gasteiger partial charge is 0.493 e. The van der Waals surface area contributed by atoms with Crippen molar-refractivity contribution in [2.75, 3.05) is 7.11 Å². The van der Waals surface area contributed by atoms with Crippen molar-refractivity contribution in [2.24, 2.45) is 5.10 Å². The predicted molar refractivity (Wildman–Crippen MR) is 95.0 cm³/mol. The molecule has 128 valence electrons. The summed E-state index contributed by atoms with van der Waals surface area (Å²) in [7, 11) is 1.58. The van der Waals surface area contributed by atoms with Gasteiger partial charge in [0.1, 0.15) is 5.01 Å². The molecule has 2 aromatic rings. The number of hydrogen-bond acceptors (Lipinski definition) is 6. The van der Waals surface area contributed by atoms with E-state index in [9.17, 15) is 4.79 Å². The highest BCUT2D eigenvalue weighted by Crippen LogP contribution is 2.30. The lowest BCUT2D eigenvalue weighted by Crippen LogP contribution is -2.19. The number of nitrogens with zero attached hydrogens (tertiary/aromatic N) is 2. The Hall–Kier alpha value is -2.41. The molecule has 1 aromatic heterocycles. The number of aryl methyl sites for hydroxylation is 1. The Labute approximate surface area is 145 Å². The number of benzene rings is 1. The summed E-state index contributed by atoms with van der Waals surface area (Å²) in [5, 5.41) is 6.69. The molecule has 0 radical (unpaired) electrons. The standard InChI is InChI=1S/C17H21N3O3S/c1-11(2)23-17-13(6-5-7-14(17)22-4)9-18-20-15(21)8-16-19-12(3)10-24-16/h5-7,9-11H,8H2,1-4H3,(H,20,21)/b18-9-. The van der Waals surface area contributed by atoms with Gasteiger partial charge in [0.2, 0.25) is 5.91 Å². The van der Waals surface area contributed by atoms with E-state index in [0.29, 0.717) is 11.5 Å².